The molecule has 0 aromatic heterocycles. The fraction of sp³-hybridized carbons (Fsp3) is 0.538. The molecule has 94 valence electrons. The molecule has 2 nitrogen and oxygen atoms in total. The Morgan fingerprint density at radius 3 is 3.12 bits per heavy atom. The molecule has 1 unspecified atom stereocenters. The van der Waals surface area contributed by atoms with Crippen molar-refractivity contribution in [1.82, 2.24) is 5.32 Å². The van der Waals surface area contributed by atoms with Crippen LogP contribution in [0.4, 0.5) is 10.1 Å². The van der Waals surface area contributed by atoms with Crippen molar-refractivity contribution in [2.24, 2.45) is 5.92 Å². The van der Waals surface area contributed by atoms with Gasteiger partial charge in [-0.25, -0.2) is 4.39 Å². The van der Waals surface area contributed by atoms with Gasteiger partial charge in [0.15, 0.2) is 0 Å². The Morgan fingerprint density at radius 2 is 2.35 bits per heavy atom. The van der Waals surface area contributed by atoms with Crippen molar-refractivity contribution in [3.63, 3.8) is 0 Å². The van der Waals surface area contributed by atoms with Crippen LogP contribution in [0.25, 0.3) is 0 Å². The van der Waals surface area contributed by atoms with Crippen molar-refractivity contribution in [3.8, 4) is 0 Å². The van der Waals surface area contributed by atoms with Crippen molar-refractivity contribution in [1.29, 1.82) is 0 Å². The molecule has 17 heavy (non-hydrogen) atoms. The number of hydrogen-bond donors (Lipinski definition) is 2. The molecular formula is C13H18ClFN2. The third-order valence-corrected chi connectivity index (χ3v) is 3.43. The number of piperidine rings is 1. The highest BCUT2D eigenvalue weighted by atomic mass is 35.5. The molecule has 0 spiro atoms. The zero-order chi connectivity index (χ0) is 12.1. The Kier molecular flexibility index (Phi) is 4.63. The first kappa shape index (κ1) is 12.7. The first-order valence-corrected chi connectivity index (χ1v) is 6.53. The maximum Gasteiger partial charge on any atom is 0.146 e. The number of anilines is 1. The summed E-state index contributed by atoms with van der Waals surface area (Å²) < 4.78 is 13.4. The topological polar surface area (TPSA) is 24.1 Å². The molecule has 0 bridgehead atoms. The minimum atomic E-state index is -0.240. The molecule has 1 atom stereocenters. The van der Waals surface area contributed by atoms with Gasteiger partial charge in [-0.1, -0.05) is 11.6 Å². The summed E-state index contributed by atoms with van der Waals surface area (Å²) >= 11 is 5.83. The van der Waals surface area contributed by atoms with Gasteiger partial charge in [0.25, 0.3) is 0 Å². The van der Waals surface area contributed by atoms with Gasteiger partial charge in [-0.15, -0.1) is 0 Å². The highest BCUT2D eigenvalue weighted by Crippen LogP contribution is 2.20. The molecule has 4 heteroatoms. The van der Waals surface area contributed by atoms with Gasteiger partial charge in [-0.05, 0) is 56.5 Å². The van der Waals surface area contributed by atoms with Crippen LogP contribution >= 0.6 is 11.6 Å². The zero-order valence-corrected chi connectivity index (χ0v) is 10.6. The van der Waals surface area contributed by atoms with Gasteiger partial charge in [-0.3, -0.25) is 0 Å². The zero-order valence-electron chi connectivity index (χ0n) is 9.81. The molecular weight excluding hydrogens is 239 g/mol. The summed E-state index contributed by atoms with van der Waals surface area (Å²) in [5.41, 5.74) is 0.501. The van der Waals surface area contributed by atoms with E-state index in [1.807, 2.05) is 0 Å². The molecule has 1 aliphatic heterocycles. The minimum absolute atomic E-state index is 0.240. The second kappa shape index (κ2) is 6.22. The monoisotopic (exact) mass is 256 g/mol. The van der Waals surface area contributed by atoms with Gasteiger partial charge in [0.1, 0.15) is 5.82 Å². The maximum absolute atomic E-state index is 13.4. The van der Waals surface area contributed by atoms with Crippen LogP contribution in [-0.2, 0) is 0 Å². The average molecular weight is 257 g/mol. The predicted octanol–water partition coefficient (Wildman–Crippen LogP) is 3.28. The molecule has 0 radical (unpaired) electrons. The predicted molar refractivity (Wildman–Crippen MR) is 70.1 cm³/mol. The summed E-state index contributed by atoms with van der Waals surface area (Å²) in [6.45, 7) is 3.01. The molecule has 1 heterocycles. The quantitative estimate of drug-likeness (QED) is 0.864. The van der Waals surface area contributed by atoms with E-state index in [-0.39, 0.29) is 5.82 Å². The van der Waals surface area contributed by atoms with Gasteiger partial charge in [0.05, 0.1) is 5.69 Å². The summed E-state index contributed by atoms with van der Waals surface area (Å²) in [7, 11) is 0. The number of rotatable bonds is 4. The van der Waals surface area contributed by atoms with Crippen LogP contribution < -0.4 is 10.6 Å². The Hall–Kier alpha value is -0.800. The molecule has 2 rings (SSSR count). The van der Waals surface area contributed by atoms with E-state index in [2.05, 4.69) is 10.6 Å². The van der Waals surface area contributed by atoms with Crippen molar-refractivity contribution < 1.29 is 4.39 Å². The van der Waals surface area contributed by atoms with Gasteiger partial charge in [0.2, 0.25) is 0 Å². The Morgan fingerprint density at radius 1 is 1.47 bits per heavy atom. The first-order chi connectivity index (χ1) is 8.25. The molecule has 1 saturated heterocycles. The molecule has 2 N–H and O–H groups in total. The highest BCUT2D eigenvalue weighted by Gasteiger charge is 2.12. The average Bonchev–Trinajstić information content (AvgIpc) is 2.35. The van der Waals surface area contributed by atoms with E-state index in [0.717, 1.165) is 26.1 Å². The van der Waals surface area contributed by atoms with Crippen molar-refractivity contribution in [2.75, 3.05) is 25.0 Å². The second-order valence-corrected chi connectivity index (χ2v) is 4.99. The normalized spacial score (nSPS) is 20.2. The lowest BCUT2D eigenvalue weighted by atomic mass is 9.96. The third kappa shape index (κ3) is 3.86. The molecule has 1 aromatic rings. The molecule has 0 amide bonds. The lowest BCUT2D eigenvalue weighted by Crippen LogP contribution is -2.30. The van der Waals surface area contributed by atoms with E-state index in [1.165, 1.54) is 18.9 Å². The summed E-state index contributed by atoms with van der Waals surface area (Å²) in [4.78, 5) is 0. The van der Waals surface area contributed by atoms with Crippen LogP contribution in [-0.4, -0.2) is 19.6 Å². The molecule has 0 aliphatic carbocycles. The SMILES string of the molecule is Fc1ccc(Cl)cc1NCCC1CCCNC1. The van der Waals surface area contributed by atoms with E-state index in [4.69, 9.17) is 11.6 Å². The molecule has 0 saturated carbocycles. The third-order valence-electron chi connectivity index (χ3n) is 3.20. The van der Waals surface area contributed by atoms with Gasteiger partial charge < -0.3 is 10.6 Å². The van der Waals surface area contributed by atoms with E-state index < -0.39 is 0 Å². The van der Waals surface area contributed by atoms with E-state index in [0.29, 0.717) is 16.6 Å². The smallest absolute Gasteiger partial charge is 0.146 e. The van der Waals surface area contributed by atoms with Gasteiger partial charge >= 0.3 is 0 Å². The van der Waals surface area contributed by atoms with Crippen LogP contribution in [0, 0.1) is 11.7 Å². The summed E-state index contributed by atoms with van der Waals surface area (Å²) in [5, 5.41) is 7.06. The van der Waals surface area contributed by atoms with Crippen molar-refractivity contribution in [2.45, 2.75) is 19.3 Å². The number of halogens is 2. The van der Waals surface area contributed by atoms with E-state index in [1.54, 1.807) is 12.1 Å². The Labute approximate surface area is 107 Å². The van der Waals surface area contributed by atoms with Crippen LogP contribution in [0.3, 0.4) is 0 Å². The summed E-state index contributed by atoms with van der Waals surface area (Å²) in [6.07, 6.45) is 3.59. The minimum Gasteiger partial charge on any atom is -0.383 e. The van der Waals surface area contributed by atoms with Gasteiger partial charge in [-0.2, -0.15) is 0 Å². The van der Waals surface area contributed by atoms with Gasteiger partial charge in [0, 0.05) is 11.6 Å². The summed E-state index contributed by atoms with van der Waals surface area (Å²) in [6, 6.07) is 4.59. The number of nitrogens with one attached hydrogen (secondary N) is 2. The number of benzene rings is 1. The fourth-order valence-corrected chi connectivity index (χ4v) is 2.39. The fourth-order valence-electron chi connectivity index (χ4n) is 2.21. The van der Waals surface area contributed by atoms with Crippen molar-refractivity contribution in [3.05, 3.63) is 29.0 Å². The number of hydrogen-bond acceptors (Lipinski definition) is 2. The van der Waals surface area contributed by atoms with E-state index in [9.17, 15) is 4.39 Å². The largest absolute Gasteiger partial charge is 0.383 e. The van der Waals surface area contributed by atoms with Crippen LogP contribution in [0.1, 0.15) is 19.3 Å². The second-order valence-electron chi connectivity index (χ2n) is 4.55. The lowest BCUT2D eigenvalue weighted by Gasteiger charge is -2.22. The lowest BCUT2D eigenvalue weighted by molar-refractivity contribution is 0.364. The van der Waals surface area contributed by atoms with Crippen LogP contribution in [0.15, 0.2) is 18.2 Å². The molecule has 1 aliphatic rings. The molecule has 1 aromatic carbocycles. The van der Waals surface area contributed by atoms with Crippen molar-refractivity contribution >= 4 is 17.3 Å². The van der Waals surface area contributed by atoms with Crippen LogP contribution in [0.2, 0.25) is 5.02 Å². The summed E-state index contributed by atoms with van der Waals surface area (Å²) in [5.74, 6) is 0.467. The van der Waals surface area contributed by atoms with E-state index >= 15 is 0 Å². The maximum atomic E-state index is 13.4. The first-order valence-electron chi connectivity index (χ1n) is 6.15. The Bertz CT molecular complexity index is 364. The molecule has 1 fully saturated rings. The standard InChI is InChI=1S/C13H18ClFN2/c14-11-3-4-12(15)13(8-11)17-7-5-10-2-1-6-16-9-10/h3-4,8,10,16-17H,1-2,5-7,9H2. The van der Waals surface area contributed by atoms with Crippen LogP contribution in [0.5, 0.6) is 0 Å². The highest BCUT2D eigenvalue weighted by molar-refractivity contribution is 6.30. The Balaban J connectivity index is 1.79.